The Morgan fingerprint density at radius 3 is 2.67 bits per heavy atom. The molecule has 0 aromatic heterocycles. The first kappa shape index (κ1) is 13.9. The molecule has 21 heavy (non-hydrogen) atoms. The van der Waals surface area contributed by atoms with Gasteiger partial charge in [0.05, 0.1) is 7.11 Å². The largest absolute Gasteiger partial charge is 0.497 e. The summed E-state index contributed by atoms with van der Waals surface area (Å²) in [6.07, 6.45) is 0.738. The molecule has 1 aliphatic rings. The van der Waals surface area contributed by atoms with Gasteiger partial charge in [-0.25, -0.2) is 4.39 Å². The molecule has 4 heteroatoms. The summed E-state index contributed by atoms with van der Waals surface area (Å²) in [7, 11) is 3.49. The Morgan fingerprint density at radius 1 is 1.24 bits per heavy atom. The fourth-order valence-corrected chi connectivity index (χ4v) is 2.68. The molecular weight excluding hydrogens is 269 g/mol. The lowest BCUT2D eigenvalue weighted by Gasteiger charge is -2.09. The van der Waals surface area contributed by atoms with Crippen molar-refractivity contribution in [2.75, 3.05) is 20.7 Å². The van der Waals surface area contributed by atoms with Crippen molar-refractivity contribution < 1.29 is 13.9 Å². The van der Waals surface area contributed by atoms with E-state index in [4.69, 9.17) is 9.47 Å². The number of likely N-dealkylation sites (N-methyl/N-ethyl adjacent to an activating group) is 1. The van der Waals surface area contributed by atoms with Crippen LogP contribution in [0.15, 0.2) is 36.4 Å². The maximum Gasteiger partial charge on any atom is 0.165 e. The van der Waals surface area contributed by atoms with Crippen molar-refractivity contribution in [2.45, 2.75) is 12.5 Å². The quantitative estimate of drug-likeness (QED) is 0.937. The van der Waals surface area contributed by atoms with Gasteiger partial charge in [0.1, 0.15) is 11.9 Å². The summed E-state index contributed by atoms with van der Waals surface area (Å²) in [5, 5.41) is 3.06. The van der Waals surface area contributed by atoms with Gasteiger partial charge in [-0.3, -0.25) is 0 Å². The summed E-state index contributed by atoms with van der Waals surface area (Å²) in [4.78, 5) is 0. The molecule has 0 radical (unpaired) electrons. The molecule has 3 rings (SSSR count). The number of fused-ring (bicyclic) bond motifs is 1. The zero-order chi connectivity index (χ0) is 14.8. The van der Waals surface area contributed by atoms with E-state index in [0.717, 1.165) is 28.9 Å². The van der Waals surface area contributed by atoms with Crippen LogP contribution in [0.5, 0.6) is 11.5 Å². The molecule has 1 aliphatic heterocycles. The number of hydrogen-bond acceptors (Lipinski definition) is 3. The van der Waals surface area contributed by atoms with Gasteiger partial charge in [0.2, 0.25) is 0 Å². The van der Waals surface area contributed by atoms with Crippen LogP contribution in [-0.4, -0.2) is 26.8 Å². The first-order valence-corrected chi connectivity index (χ1v) is 6.99. The standard InChI is InChI=1S/C17H18FNO2/c1-19-10-15-8-13-7-12(9-16(18)17(13)21-15)11-3-5-14(20-2)6-4-11/h3-7,9,15,19H,8,10H2,1-2H3. The molecule has 0 saturated carbocycles. The third-order valence-electron chi connectivity index (χ3n) is 3.71. The predicted molar refractivity (Wildman–Crippen MR) is 80.4 cm³/mol. The van der Waals surface area contributed by atoms with Crippen LogP contribution in [0.2, 0.25) is 0 Å². The molecule has 0 aliphatic carbocycles. The Morgan fingerprint density at radius 2 is 2.00 bits per heavy atom. The number of rotatable bonds is 4. The molecule has 1 atom stereocenters. The predicted octanol–water partition coefficient (Wildman–Crippen LogP) is 3.02. The van der Waals surface area contributed by atoms with Crippen LogP contribution in [0.3, 0.4) is 0 Å². The van der Waals surface area contributed by atoms with Crippen molar-refractivity contribution in [1.29, 1.82) is 0 Å². The van der Waals surface area contributed by atoms with Gasteiger partial charge in [0.15, 0.2) is 11.6 Å². The number of benzene rings is 2. The molecule has 0 spiro atoms. The van der Waals surface area contributed by atoms with Crippen LogP contribution in [0.25, 0.3) is 11.1 Å². The van der Waals surface area contributed by atoms with E-state index >= 15 is 0 Å². The van der Waals surface area contributed by atoms with Crippen molar-refractivity contribution in [2.24, 2.45) is 0 Å². The van der Waals surface area contributed by atoms with Gasteiger partial charge in [-0.1, -0.05) is 12.1 Å². The minimum absolute atomic E-state index is 0.00520. The minimum Gasteiger partial charge on any atom is -0.497 e. The minimum atomic E-state index is -0.295. The molecule has 3 nitrogen and oxygen atoms in total. The van der Waals surface area contributed by atoms with Gasteiger partial charge < -0.3 is 14.8 Å². The van der Waals surface area contributed by atoms with Crippen molar-refractivity contribution >= 4 is 0 Å². The van der Waals surface area contributed by atoms with Crippen molar-refractivity contribution in [1.82, 2.24) is 5.32 Å². The zero-order valence-electron chi connectivity index (χ0n) is 12.2. The second-order valence-corrected chi connectivity index (χ2v) is 5.18. The van der Waals surface area contributed by atoms with Crippen LogP contribution in [-0.2, 0) is 6.42 Å². The Labute approximate surface area is 123 Å². The van der Waals surface area contributed by atoms with E-state index < -0.39 is 0 Å². The highest BCUT2D eigenvalue weighted by Crippen LogP contribution is 2.36. The highest BCUT2D eigenvalue weighted by molar-refractivity contribution is 5.67. The Kier molecular flexibility index (Phi) is 3.80. The molecule has 1 N–H and O–H groups in total. The van der Waals surface area contributed by atoms with Gasteiger partial charge in [-0.2, -0.15) is 0 Å². The van der Waals surface area contributed by atoms with Gasteiger partial charge in [-0.05, 0) is 42.4 Å². The summed E-state index contributed by atoms with van der Waals surface area (Å²) >= 11 is 0. The van der Waals surface area contributed by atoms with E-state index in [9.17, 15) is 4.39 Å². The van der Waals surface area contributed by atoms with Crippen LogP contribution in [0.4, 0.5) is 4.39 Å². The highest BCUT2D eigenvalue weighted by Gasteiger charge is 2.26. The molecule has 1 unspecified atom stereocenters. The summed E-state index contributed by atoms with van der Waals surface area (Å²) in [5.41, 5.74) is 2.76. The summed E-state index contributed by atoms with van der Waals surface area (Å²) in [6.45, 7) is 0.714. The third kappa shape index (κ3) is 2.72. The molecule has 0 bridgehead atoms. The fraction of sp³-hybridized carbons (Fsp3) is 0.294. The van der Waals surface area contributed by atoms with Crippen LogP contribution in [0.1, 0.15) is 5.56 Å². The maximum absolute atomic E-state index is 14.2. The normalized spacial score (nSPS) is 16.4. The molecular formula is C17H18FNO2. The number of hydrogen-bond donors (Lipinski definition) is 1. The van der Waals surface area contributed by atoms with Crippen LogP contribution < -0.4 is 14.8 Å². The van der Waals surface area contributed by atoms with Gasteiger partial charge in [0.25, 0.3) is 0 Å². The maximum atomic E-state index is 14.2. The first-order valence-electron chi connectivity index (χ1n) is 6.99. The topological polar surface area (TPSA) is 30.5 Å². The highest BCUT2D eigenvalue weighted by atomic mass is 19.1. The molecule has 0 fully saturated rings. The van der Waals surface area contributed by atoms with E-state index in [1.165, 1.54) is 6.07 Å². The van der Waals surface area contributed by atoms with Crippen molar-refractivity contribution in [3.8, 4) is 22.6 Å². The van der Waals surface area contributed by atoms with Crippen LogP contribution in [0, 0.1) is 5.82 Å². The lowest BCUT2D eigenvalue weighted by molar-refractivity contribution is 0.223. The smallest absolute Gasteiger partial charge is 0.165 e. The molecule has 1 heterocycles. The lowest BCUT2D eigenvalue weighted by Crippen LogP contribution is -2.27. The Balaban J connectivity index is 1.92. The lowest BCUT2D eigenvalue weighted by atomic mass is 10.0. The van der Waals surface area contributed by atoms with Crippen LogP contribution >= 0.6 is 0 Å². The van der Waals surface area contributed by atoms with E-state index in [-0.39, 0.29) is 11.9 Å². The molecule has 0 amide bonds. The average molecular weight is 287 g/mol. The van der Waals surface area contributed by atoms with E-state index in [1.54, 1.807) is 7.11 Å². The second-order valence-electron chi connectivity index (χ2n) is 5.18. The monoisotopic (exact) mass is 287 g/mol. The number of nitrogens with one attached hydrogen (secondary N) is 1. The zero-order valence-corrected chi connectivity index (χ0v) is 12.2. The third-order valence-corrected chi connectivity index (χ3v) is 3.71. The van der Waals surface area contributed by atoms with Gasteiger partial charge in [-0.15, -0.1) is 0 Å². The number of halogens is 1. The number of ether oxygens (including phenoxy) is 2. The molecule has 110 valence electrons. The molecule has 0 saturated heterocycles. The second kappa shape index (κ2) is 5.74. The summed E-state index contributed by atoms with van der Waals surface area (Å²) in [6, 6.07) is 11.2. The average Bonchev–Trinajstić information content (AvgIpc) is 2.91. The summed E-state index contributed by atoms with van der Waals surface area (Å²) < 4.78 is 25.0. The first-order chi connectivity index (χ1) is 10.2. The van der Waals surface area contributed by atoms with Crippen molar-refractivity contribution in [3.05, 3.63) is 47.8 Å². The van der Waals surface area contributed by atoms with E-state index in [0.29, 0.717) is 12.3 Å². The van der Waals surface area contributed by atoms with E-state index in [2.05, 4.69) is 5.32 Å². The fourth-order valence-electron chi connectivity index (χ4n) is 2.68. The number of methoxy groups -OCH3 is 1. The molecule has 2 aromatic carbocycles. The summed E-state index contributed by atoms with van der Waals surface area (Å²) in [5.74, 6) is 0.891. The SMILES string of the molecule is CNCC1Cc2cc(-c3ccc(OC)cc3)cc(F)c2O1. The molecule has 2 aromatic rings. The van der Waals surface area contributed by atoms with E-state index in [1.807, 2.05) is 37.4 Å². The van der Waals surface area contributed by atoms with Gasteiger partial charge in [0, 0.05) is 18.5 Å². The Hall–Kier alpha value is -2.07. The Bertz CT molecular complexity index is 640. The van der Waals surface area contributed by atoms with Crippen molar-refractivity contribution in [3.63, 3.8) is 0 Å². The van der Waals surface area contributed by atoms with Gasteiger partial charge >= 0.3 is 0 Å².